The van der Waals surface area contributed by atoms with E-state index in [1.807, 2.05) is 6.07 Å². The molecule has 3 atom stereocenters. The van der Waals surface area contributed by atoms with Crippen molar-refractivity contribution < 1.29 is 4.39 Å². The van der Waals surface area contributed by atoms with Crippen LogP contribution in [0.2, 0.25) is 0 Å². The van der Waals surface area contributed by atoms with E-state index in [4.69, 9.17) is 5.26 Å². The molecular weight excluding hydrogens is 239 g/mol. The summed E-state index contributed by atoms with van der Waals surface area (Å²) in [4.78, 5) is 0. The molecule has 19 heavy (non-hydrogen) atoms. The van der Waals surface area contributed by atoms with Crippen LogP contribution >= 0.6 is 0 Å². The number of halogens is 1. The van der Waals surface area contributed by atoms with Crippen LogP contribution in [0, 0.1) is 29.0 Å². The van der Waals surface area contributed by atoms with Gasteiger partial charge in [-0.25, -0.2) is 4.39 Å². The molecule has 0 bridgehead atoms. The van der Waals surface area contributed by atoms with Gasteiger partial charge in [0.15, 0.2) is 0 Å². The van der Waals surface area contributed by atoms with Crippen molar-refractivity contribution in [1.29, 1.82) is 5.26 Å². The van der Waals surface area contributed by atoms with E-state index in [1.54, 1.807) is 12.1 Å². The Hall–Kier alpha value is -1.40. The van der Waals surface area contributed by atoms with Crippen LogP contribution in [0.25, 0.3) is 0 Å². The first-order chi connectivity index (χ1) is 9.11. The van der Waals surface area contributed by atoms with Gasteiger partial charge in [-0.3, -0.25) is 0 Å². The topological polar surface area (TPSA) is 35.8 Å². The van der Waals surface area contributed by atoms with Crippen molar-refractivity contribution in [2.45, 2.75) is 45.7 Å². The lowest BCUT2D eigenvalue weighted by atomic mass is 9.80. The third-order valence-corrected chi connectivity index (χ3v) is 4.19. The minimum absolute atomic E-state index is 0.129. The highest BCUT2D eigenvalue weighted by atomic mass is 19.1. The molecule has 1 aromatic rings. The minimum atomic E-state index is -0.380. The van der Waals surface area contributed by atoms with Crippen LogP contribution in [0.5, 0.6) is 0 Å². The number of nitrogens with zero attached hydrogens (tertiary/aromatic N) is 1. The van der Waals surface area contributed by atoms with Crippen LogP contribution in [0.3, 0.4) is 0 Å². The average molecular weight is 260 g/mol. The number of hydrogen-bond acceptors (Lipinski definition) is 2. The second-order valence-electron chi connectivity index (χ2n) is 5.77. The zero-order chi connectivity index (χ0) is 13.8. The fourth-order valence-electron chi connectivity index (χ4n) is 3.01. The molecule has 1 fully saturated rings. The van der Waals surface area contributed by atoms with Crippen molar-refractivity contribution >= 4 is 0 Å². The molecule has 2 rings (SSSR count). The lowest BCUT2D eigenvalue weighted by molar-refractivity contribution is 0.226. The minimum Gasteiger partial charge on any atom is -0.310 e. The van der Waals surface area contributed by atoms with E-state index in [-0.39, 0.29) is 11.4 Å². The van der Waals surface area contributed by atoms with Gasteiger partial charge in [0, 0.05) is 18.2 Å². The second kappa shape index (κ2) is 6.16. The van der Waals surface area contributed by atoms with Crippen LogP contribution in [-0.4, -0.2) is 6.04 Å². The summed E-state index contributed by atoms with van der Waals surface area (Å²) in [5.41, 5.74) is 0.717. The Morgan fingerprint density at radius 2 is 2.16 bits per heavy atom. The quantitative estimate of drug-likeness (QED) is 0.901. The molecule has 1 N–H and O–H groups in total. The van der Waals surface area contributed by atoms with Crippen molar-refractivity contribution in [1.82, 2.24) is 5.32 Å². The molecule has 0 saturated heterocycles. The summed E-state index contributed by atoms with van der Waals surface area (Å²) >= 11 is 0. The van der Waals surface area contributed by atoms with Gasteiger partial charge in [-0.2, -0.15) is 5.26 Å². The summed E-state index contributed by atoms with van der Waals surface area (Å²) in [6.07, 6.45) is 3.63. The molecule has 1 aliphatic carbocycles. The number of nitriles is 1. The van der Waals surface area contributed by atoms with E-state index < -0.39 is 0 Å². The zero-order valence-corrected chi connectivity index (χ0v) is 11.6. The fourth-order valence-corrected chi connectivity index (χ4v) is 3.01. The van der Waals surface area contributed by atoms with E-state index >= 15 is 0 Å². The molecule has 1 aliphatic rings. The van der Waals surface area contributed by atoms with Gasteiger partial charge in [0.25, 0.3) is 0 Å². The van der Waals surface area contributed by atoms with Crippen LogP contribution in [0.1, 0.15) is 44.2 Å². The summed E-state index contributed by atoms with van der Waals surface area (Å²) in [5, 5.41) is 12.3. The number of hydrogen-bond donors (Lipinski definition) is 1. The summed E-state index contributed by atoms with van der Waals surface area (Å²) < 4.78 is 13.9. The van der Waals surface area contributed by atoms with Gasteiger partial charge in [-0.15, -0.1) is 0 Å². The Morgan fingerprint density at radius 3 is 2.84 bits per heavy atom. The highest BCUT2D eigenvalue weighted by Gasteiger charge is 2.24. The highest BCUT2D eigenvalue weighted by Crippen LogP contribution is 2.28. The van der Waals surface area contributed by atoms with Crippen LogP contribution in [0.15, 0.2) is 18.2 Å². The Labute approximate surface area is 114 Å². The first-order valence-corrected chi connectivity index (χ1v) is 7.02. The van der Waals surface area contributed by atoms with Gasteiger partial charge in [-0.05, 0) is 37.2 Å². The smallest absolute Gasteiger partial charge is 0.145 e. The zero-order valence-electron chi connectivity index (χ0n) is 11.6. The van der Waals surface area contributed by atoms with Gasteiger partial charge >= 0.3 is 0 Å². The van der Waals surface area contributed by atoms with Crippen molar-refractivity contribution in [2.24, 2.45) is 11.8 Å². The molecule has 1 aromatic carbocycles. The van der Waals surface area contributed by atoms with Gasteiger partial charge < -0.3 is 5.32 Å². The third kappa shape index (κ3) is 3.33. The Balaban J connectivity index is 1.98. The molecule has 0 heterocycles. The molecule has 0 aliphatic heterocycles. The molecule has 3 heteroatoms. The van der Waals surface area contributed by atoms with Crippen molar-refractivity contribution in [3.05, 3.63) is 35.1 Å². The van der Waals surface area contributed by atoms with E-state index in [0.29, 0.717) is 24.1 Å². The molecular formula is C16H21FN2. The lowest BCUT2D eigenvalue weighted by Gasteiger charge is -2.33. The molecule has 0 aromatic heterocycles. The molecule has 0 amide bonds. The number of benzene rings is 1. The lowest BCUT2D eigenvalue weighted by Crippen LogP contribution is -2.38. The second-order valence-corrected chi connectivity index (χ2v) is 5.77. The van der Waals surface area contributed by atoms with E-state index in [0.717, 1.165) is 12.3 Å². The summed E-state index contributed by atoms with van der Waals surface area (Å²) in [5.74, 6) is 1.05. The fraction of sp³-hybridized carbons (Fsp3) is 0.562. The maximum Gasteiger partial charge on any atom is 0.145 e. The average Bonchev–Trinajstić information content (AvgIpc) is 2.39. The van der Waals surface area contributed by atoms with Gasteiger partial charge in [0.2, 0.25) is 0 Å². The summed E-state index contributed by atoms with van der Waals surface area (Å²) in [7, 11) is 0. The maximum atomic E-state index is 13.9. The van der Waals surface area contributed by atoms with Crippen LogP contribution < -0.4 is 5.32 Å². The first-order valence-electron chi connectivity index (χ1n) is 7.02. The summed E-state index contributed by atoms with van der Waals surface area (Å²) in [6, 6.07) is 7.35. The maximum absolute atomic E-state index is 13.9. The first kappa shape index (κ1) is 14.0. The van der Waals surface area contributed by atoms with E-state index in [9.17, 15) is 4.39 Å². The van der Waals surface area contributed by atoms with E-state index in [1.165, 1.54) is 18.9 Å². The van der Waals surface area contributed by atoms with Crippen molar-refractivity contribution in [2.75, 3.05) is 0 Å². The van der Waals surface area contributed by atoms with Crippen molar-refractivity contribution in [3.63, 3.8) is 0 Å². The standard InChI is InChI=1S/C16H21FN2/c1-11-6-7-15(12(2)8-11)19-10-14-5-3-4-13(9-18)16(14)17/h3-5,11-12,15,19H,6-8,10H2,1-2H3. The van der Waals surface area contributed by atoms with Gasteiger partial charge in [-0.1, -0.05) is 26.0 Å². The molecule has 2 nitrogen and oxygen atoms in total. The largest absolute Gasteiger partial charge is 0.310 e. The molecule has 1 saturated carbocycles. The highest BCUT2D eigenvalue weighted by molar-refractivity contribution is 5.34. The normalized spacial score (nSPS) is 26.9. The van der Waals surface area contributed by atoms with Crippen LogP contribution in [0.4, 0.5) is 4.39 Å². The number of nitrogens with one attached hydrogen (secondary N) is 1. The molecule has 3 unspecified atom stereocenters. The SMILES string of the molecule is CC1CCC(NCc2cccc(C#N)c2F)C(C)C1. The van der Waals surface area contributed by atoms with Gasteiger partial charge in [0.05, 0.1) is 5.56 Å². The summed E-state index contributed by atoms with van der Waals surface area (Å²) in [6.45, 7) is 5.06. The molecule has 0 spiro atoms. The third-order valence-electron chi connectivity index (χ3n) is 4.19. The molecule has 102 valence electrons. The Morgan fingerprint density at radius 1 is 1.37 bits per heavy atom. The van der Waals surface area contributed by atoms with E-state index in [2.05, 4.69) is 19.2 Å². The number of rotatable bonds is 3. The monoisotopic (exact) mass is 260 g/mol. The molecule has 0 radical (unpaired) electrons. The Kier molecular flexibility index (Phi) is 4.55. The van der Waals surface area contributed by atoms with Crippen molar-refractivity contribution in [3.8, 4) is 6.07 Å². The predicted octanol–water partition coefficient (Wildman–Crippen LogP) is 3.61. The van der Waals surface area contributed by atoms with Gasteiger partial charge in [0.1, 0.15) is 11.9 Å². The Bertz CT molecular complexity index is 478. The predicted molar refractivity (Wildman–Crippen MR) is 73.9 cm³/mol. The van der Waals surface area contributed by atoms with Crippen LogP contribution in [-0.2, 0) is 6.54 Å².